The first kappa shape index (κ1) is 33.8. The molecule has 4 rings (SSSR count). The van der Waals surface area contributed by atoms with Crippen LogP contribution in [0.3, 0.4) is 0 Å². The molecule has 0 bridgehead atoms. The van der Waals surface area contributed by atoms with E-state index in [1.54, 1.807) is 4.90 Å². The van der Waals surface area contributed by atoms with Gasteiger partial charge in [0.05, 0.1) is 5.88 Å². The first-order valence-electron chi connectivity index (χ1n) is 15.1. The molecule has 10 heteroatoms. The molecule has 2 aromatic carbocycles. The summed E-state index contributed by atoms with van der Waals surface area (Å²) in [5, 5.41) is 10.1. The number of rotatable bonds is 13. The summed E-state index contributed by atoms with van der Waals surface area (Å²) in [6.07, 6.45) is 4.40. The van der Waals surface area contributed by atoms with Crippen LogP contribution in [0, 0.1) is 34.8 Å². The van der Waals surface area contributed by atoms with E-state index in [1.807, 2.05) is 18.2 Å². The fourth-order valence-electron chi connectivity index (χ4n) is 6.92. The highest BCUT2D eigenvalue weighted by atomic mass is 32.2. The number of thioether (sulfide) groups is 1. The molecule has 0 radical (unpaired) electrons. The lowest BCUT2D eigenvalue weighted by Crippen LogP contribution is -2.55. The molecule has 0 aromatic heterocycles. The van der Waals surface area contributed by atoms with E-state index >= 15 is 4.39 Å². The van der Waals surface area contributed by atoms with Gasteiger partial charge in [0.25, 0.3) is 11.8 Å². The Bertz CT molecular complexity index is 1330. The first-order valence-corrected chi connectivity index (χ1v) is 16.3. The van der Waals surface area contributed by atoms with Gasteiger partial charge < -0.3 is 15.7 Å². The molecule has 1 aliphatic heterocycles. The number of nitrogens with two attached hydrogens (primary N) is 1. The second-order valence-corrected chi connectivity index (χ2v) is 14.0. The van der Waals surface area contributed by atoms with E-state index in [9.17, 15) is 23.9 Å². The van der Waals surface area contributed by atoms with E-state index in [1.165, 1.54) is 36.0 Å². The molecule has 3 N–H and O–H groups in total. The summed E-state index contributed by atoms with van der Waals surface area (Å²) in [6, 6.07) is 13.3. The fourth-order valence-corrected chi connectivity index (χ4v) is 8.04. The second-order valence-electron chi connectivity index (χ2n) is 13.0. The van der Waals surface area contributed by atoms with E-state index in [2.05, 4.69) is 32.9 Å². The number of halogens is 2. The van der Waals surface area contributed by atoms with Crippen molar-refractivity contribution in [3.8, 4) is 0 Å². The Morgan fingerprint density at radius 2 is 1.77 bits per heavy atom. The minimum Gasteiger partial charge on any atom is -0.387 e. The molecule has 2 aliphatic rings. The third-order valence-corrected chi connectivity index (χ3v) is 9.98. The molecule has 7 nitrogen and oxygen atoms in total. The van der Waals surface area contributed by atoms with Gasteiger partial charge in [0.2, 0.25) is 5.91 Å². The quantitative estimate of drug-likeness (QED) is 0.311. The van der Waals surface area contributed by atoms with Crippen LogP contribution in [0.15, 0.2) is 60.7 Å². The Balaban J connectivity index is 1.63. The SMILES string of the molecule is CC(C)(C)[C@H](C1CC(c2cc(F)ccc2F)CC1Cc1ccccc1)N(CC(CN)CSCN1C(=O)C=CC1=O)C(=O)CO. The number of aliphatic hydroxyl groups is 1. The molecule has 1 heterocycles. The smallest absolute Gasteiger partial charge is 0.254 e. The Labute approximate surface area is 262 Å². The van der Waals surface area contributed by atoms with E-state index in [-0.39, 0.29) is 60.5 Å². The van der Waals surface area contributed by atoms with Crippen LogP contribution < -0.4 is 5.73 Å². The van der Waals surface area contributed by atoms with Gasteiger partial charge in [-0.25, -0.2) is 8.78 Å². The molecule has 1 aliphatic carbocycles. The van der Waals surface area contributed by atoms with Gasteiger partial charge in [-0.15, -0.1) is 11.8 Å². The maximum absolute atomic E-state index is 15.0. The summed E-state index contributed by atoms with van der Waals surface area (Å²) < 4.78 is 29.3. The molecular weight excluding hydrogens is 584 g/mol. The van der Waals surface area contributed by atoms with Crippen LogP contribution in [0.25, 0.3) is 0 Å². The average molecular weight is 628 g/mol. The number of hydrogen-bond donors (Lipinski definition) is 2. The number of nitrogens with zero attached hydrogens (tertiary/aromatic N) is 2. The zero-order valence-corrected chi connectivity index (χ0v) is 26.4. The summed E-state index contributed by atoms with van der Waals surface area (Å²) in [4.78, 5) is 40.3. The van der Waals surface area contributed by atoms with Gasteiger partial charge in [0.15, 0.2) is 0 Å². The van der Waals surface area contributed by atoms with Crippen LogP contribution in [0.5, 0.6) is 0 Å². The number of benzene rings is 2. The fraction of sp³-hybridized carbons (Fsp3) is 0.500. The maximum Gasteiger partial charge on any atom is 0.254 e. The minimum atomic E-state index is -0.669. The zero-order valence-electron chi connectivity index (χ0n) is 25.6. The standard InChI is InChI=1S/C34H43F2N3O4S/c1-34(2,3)33(38(32(43)19-40)18-23(17-37)20-44-21-39-30(41)11-12-31(39)42)28-15-25(27-16-26(35)9-10-29(27)36)14-24(28)13-22-7-5-4-6-8-22/h4-12,16,23-25,28,33,40H,13-15,17-21,37H2,1-3H3/t23?,24?,25?,28?,33-/m0/s1. The van der Waals surface area contributed by atoms with Crippen LogP contribution in [0.2, 0.25) is 0 Å². The Morgan fingerprint density at radius 1 is 1.09 bits per heavy atom. The van der Waals surface area contributed by atoms with Crippen LogP contribution in [-0.4, -0.2) is 70.0 Å². The van der Waals surface area contributed by atoms with E-state index < -0.39 is 29.6 Å². The van der Waals surface area contributed by atoms with Crippen molar-refractivity contribution in [2.24, 2.45) is 28.9 Å². The summed E-state index contributed by atoms with van der Waals surface area (Å²) in [6.45, 7) is 6.06. The summed E-state index contributed by atoms with van der Waals surface area (Å²) in [7, 11) is 0. The highest BCUT2D eigenvalue weighted by molar-refractivity contribution is 7.99. The lowest BCUT2D eigenvalue weighted by atomic mass is 9.72. The Morgan fingerprint density at radius 3 is 2.39 bits per heavy atom. The third kappa shape index (κ3) is 8.14. The van der Waals surface area contributed by atoms with Crippen LogP contribution in [0.1, 0.15) is 50.7 Å². The summed E-state index contributed by atoms with van der Waals surface area (Å²) in [5.41, 5.74) is 7.25. The van der Waals surface area contributed by atoms with Crippen LogP contribution in [0.4, 0.5) is 8.78 Å². The highest BCUT2D eigenvalue weighted by Gasteiger charge is 2.47. The molecule has 2 aromatic rings. The number of carbonyl (C=O) groups excluding carboxylic acids is 3. The molecule has 238 valence electrons. The second kappa shape index (κ2) is 14.8. The van der Waals surface area contributed by atoms with E-state index in [4.69, 9.17) is 5.73 Å². The van der Waals surface area contributed by atoms with Crippen LogP contribution >= 0.6 is 11.8 Å². The molecule has 1 fully saturated rings. The molecular formula is C34H43F2N3O4S. The number of carbonyl (C=O) groups is 3. The van der Waals surface area contributed by atoms with Crippen molar-refractivity contribution in [2.75, 3.05) is 31.3 Å². The normalized spacial score (nSPS) is 21.6. The van der Waals surface area contributed by atoms with Gasteiger partial charge in [0.1, 0.15) is 18.2 Å². The lowest BCUT2D eigenvalue weighted by Gasteiger charge is -2.46. The third-order valence-electron chi connectivity index (χ3n) is 8.83. The number of amides is 3. The summed E-state index contributed by atoms with van der Waals surface area (Å²) >= 11 is 1.39. The number of imide groups is 1. The number of hydrogen-bond acceptors (Lipinski definition) is 6. The maximum atomic E-state index is 15.0. The zero-order chi connectivity index (χ0) is 32.0. The van der Waals surface area contributed by atoms with Crippen molar-refractivity contribution in [1.82, 2.24) is 9.80 Å². The minimum absolute atomic E-state index is 0.0636. The molecule has 5 atom stereocenters. The van der Waals surface area contributed by atoms with Crippen molar-refractivity contribution < 1.29 is 28.3 Å². The van der Waals surface area contributed by atoms with Gasteiger partial charge in [-0.3, -0.25) is 19.3 Å². The highest BCUT2D eigenvalue weighted by Crippen LogP contribution is 2.50. The van der Waals surface area contributed by atoms with Crippen LogP contribution in [-0.2, 0) is 20.8 Å². The first-order chi connectivity index (χ1) is 20.9. The molecule has 4 unspecified atom stereocenters. The van der Waals surface area contributed by atoms with Gasteiger partial charge >= 0.3 is 0 Å². The molecule has 1 saturated carbocycles. The van der Waals surface area contributed by atoms with Gasteiger partial charge in [-0.1, -0.05) is 51.1 Å². The van der Waals surface area contributed by atoms with E-state index in [0.29, 0.717) is 24.2 Å². The molecule has 0 saturated heterocycles. The summed E-state index contributed by atoms with van der Waals surface area (Å²) in [5.74, 6) is -1.78. The van der Waals surface area contributed by atoms with Crippen molar-refractivity contribution in [3.63, 3.8) is 0 Å². The Kier molecular flexibility index (Phi) is 11.4. The topological polar surface area (TPSA) is 104 Å². The van der Waals surface area contributed by atoms with Crippen molar-refractivity contribution in [3.05, 3.63) is 83.4 Å². The van der Waals surface area contributed by atoms with Crippen molar-refractivity contribution >= 4 is 29.5 Å². The molecule has 44 heavy (non-hydrogen) atoms. The predicted molar refractivity (Wildman–Crippen MR) is 168 cm³/mol. The lowest BCUT2D eigenvalue weighted by molar-refractivity contribution is -0.142. The Hall–Kier alpha value is -3.08. The van der Waals surface area contributed by atoms with Crippen molar-refractivity contribution in [2.45, 2.75) is 52.0 Å². The average Bonchev–Trinajstić information content (AvgIpc) is 3.54. The molecule has 0 spiro atoms. The predicted octanol–water partition coefficient (Wildman–Crippen LogP) is 4.74. The van der Waals surface area contributed by atoms with Gasteiger partial charge in [-0.2, -0.15) is 0 Å². The van der Waals surface area contributed by atoms with Gasteiger partial charge in [-0.05, 0) is 84.2 Å². The van der Waals surface area contributed by atoms with Gasteiger partial charge in [0, 0.05) is 30.5 Å². The van der Waals surface area contributed by atoms with E-state index in [0.717, 1.165) is 23.0 Å². The van der Waals surface area contributed by atoms with Crippen molar-refractivity contribution in [1.29, 1.82) is 0 Å². The monoisotopic (exact) mass is 627 g/mol. The number of aliphatic hydroxyl groups excluding tert-OH is 1. The molecule has 3 amide bonds. The largest absolute Gasteiger partial charge is 0.387 e.